The zero-order valence-electron chi connectivity index (χ0n) is 33.9. The van der Waals surface area contributed by atoms with Crippen LogP contribution in [0.15, 0.2) is 78.5 Å². The molecule has 54 heavy (non-hydrogen) atoms. The first-order valence-corrected chi connectivity index (χ1v) is 19.8. The summed E-state index contributed by atoms with van der Waals surface area (Å²) in [7, 11) is 0. The molecule has 5 nitrogen and oxygen atoms in total. The number of ether oxygens (including phenoxy) is 1. The first kappa shape index (κ1) is 39.7. The molecule has 3 atom stereocenters. The fourth-order valence-corrected chi connectivity index (χ4v) is 8.65. The van der Waals surface area contributed by atoms with Gasteiger partial charge in [0.2, 0.25) is 0 Å². The van der Waals surface area contributed by atoms with Crippen molar-refractivity contribution in [2.24, 2.45) is 29.6 Å². The van der Waals surface area contributed by atoms with Crippen molar-refractivity contribution in [3.63, 3.8) is 0 Å². The summed E-state index contributed by atoms with van der Waals surface area (Å²) in [5.74, 6) is 5.66. The SMILES string of the molecule is CCc1ccnc(-n2c3[c-]c(Oc4[c-]c(-n5nc(C)c(C6C(C(C)C)=C[C@H](C(C)C)C[C@@H]6C(C)C)c5C)cc(C(C)C)c4)ccc3c3ccccc32)c1.[Pt+2]. The third-order valence-corrected chi connectivity index (χ3v) is 11.7. The van der Waals surface area contributed by atoms with Crippen LogP contribution in [0.5, 0.6) is 11.5 Å². The number of nitrogens with zero attached hydrogens (tertiary/aromatic N) is 4. The van der Waals surface area contributed by atoms with E-state index >= 15 is 0 Å². The predicted molar refractivity (Wildman–Crippen MR) is 220 cm³/mol. The van der Waals surface area contributed by atoms with Gasteiger partial charge in [0.1, 0.15) is 5.82 Å². The van der Waals surface area contributed by atoms with E-state index in [0.29, 0.717) is 52.9 Å². The monoisotopic (exact) mass is 899 g/mol. The molecule has 3 heterocycles. The standard InChI is InChI=1S/C48H56N4O.Pt/c1-12-34-19-20-49-46(21-34)51-44-16-14-13-15-40(44)41-18-17-38(27-45(41)51)53-39-23-35(28(2)3)22-37(26-39)52-33(11)47(32(10)50-52)48-42(30(6)7)24-36(29(4)5)25-43(48)31(8)9;/h13-24,28-31,36,43,48H,12,25H2,1-11H3;/q-2;+2/t36-,43+,48?;/m0./s1. The third-order valence-electron chi connectivity index (χ3n) is 11.7. The van der Waals surface area contributed by atoms with E-state index in [4.69, 9.17) is 14.8 Å². The summed E-state index contributed by atoms with van der Waals surface area (Å²) in [4.78, 5) is 4.79. The molecule has 0 saturated carbocycles. The van der Waals surface area contributed by atoms with Crippen LogP contribution < -0.4 is 4.74 Å². The molecule has 0 spiro atoms. The number of allylic oxidation sites excluding steroid dienone is 2. The van der Waals surface area contributed by atoms with E-state index < -0.39 is 0 Å². The minimum absolute atomic E-state index is 0. The maximum Gasteiger partial charge on any atom is 2.00 e. The Balaban J connectivity index is 0.00000497. The Labute approximate surface area is 337 Å². The number of fused-ring (bicyclic) bond motifs is 3. The second kappa shape index (κ2) is 16.0. The van der Waals surface area contributed by atoms with Crippen molar-refractivity contribution >= 4 is 21.8 Å². The summed E-state index contributed by atoms with van der Waals surface area (Å²) >= 11 is 0. The molecule has 7 rings (SSSR count). The zero-order valence-corrected chi connectivity index (χ0v) is 36.2. The van der Waals surface area contributed by atoms with Gasteiger partial charge in [0.15, 0.2) is 0 Å². The van der Waals surface area contributed by atoms with Crippen LogP contribution in [0.3, 0.4) is 0 Å². The molecule has 3 aromatic carbocycles. The Morgan fingerprint density at radius 2 is 1.59 bits per heavy atom. The normalized spacial score (nSPS) is 17.6. The van der Waals surface area contributed by atoms with E-state index in [1.165, 1.54) is 28.8 Å². The Bertz CT molecular complexity index is 2310. The Morgan fingerprint density at radius 3 is 2.28 bits per heavy atom. The van der Waals surface area contributed by atoms with Crippen molar-refractivity contribution in [2.45, 2.75) is 101 Å². The summed E-state index contributed by atoms with van der Waals surface area (Å²) in [6.07, 6.45) is 6.68. The fraction of sp³-hybridized carbons (Fsp3) is 0.417. The molecule has 0 aliphatic heterocycles. The van der Waals surface area contributed by atoms with Crippen LogP contribution in [-0.4, -0.2) is 19.3 Å². The van der Waals surface area contributed by atoms with Gasteiger partial charge in [0, 0.05) is 40.4 Å². The minimum Gasteiger partial charge on any atom is -0.509 e. The minimum atomic E-state index is 0. The zero-order chi connectivity index (χ0) is 37.7. The smallest absolute Gasteiger partial charge is 0.509 e. The van der Waals surface area contributed by atoms with Gasteiger partial charge in [-0.15, -0.1) is 41.3 Å². The number of aryl methyl sites for hydroxylation is 2. The maximum atomic E-state index is 6.70. The summed E-state index contributed by atoms with van der Waals surface area (Å²) in [5.41, 5.74) is 10.6. The van der Waals surface area contributed by atoms with E-state index in [9.17, 15) is 0 Å². The molecule has 1 unspecified atom stereocenters. The summed E-state index contributed by atoms with van der Waals surface area (Å²) in [5, 5.41) is 7.53. The van der Waals surface area contributed by atoms with Gasteiger partial charge in [0.05, 0.1) is 5.69 Å². The molecular weight excluding hydrogens is 844 g/mol. The molecule has 0 amide bonds. The number of benzene rings is 3. The summed E-state index contributed by atoms with van der Waals surface area (Å²) < 4.78 is 11.0. The Morgan fingerprint density at radius 1 is 0.833 bits per heavy atom. The van der Waals surface area contributed by atoms with Crippen molar-refractivity contribution in [2.75, 3.05) is 0 Å². The quantitative estimate of drug-likeness (QED) is 0.102. The second-order valence-electron chi connectivity index (χ2n) is 16.6. The largest absolute Gasteiger partial charge is 2.00 e. The van der Waals surface area contributed by atoms with Gasteiger partial charge in [0.25, 0.3) is 0 Å². The molecule has 1 aliphatic carbocycles. The van der Waals surface area contributed by atoms with Gasteiger partial charge < -0.3 is 9.30 Å². The van der Waals surface area contributed by atoms with Crippen LogP contribution in [0.25, 0.3) is 33.3 Å². The first-order chi connectivity index (χ1) is 25.4. The van der Waals surface area contributed by atoms with Crippen LogP contribution >= 0.6 is 0 Å². The van der Waals surface area contributed by atoms with Gasteiger partial charge in [-0.3, -0.25) is 4.68 Å². The number of hydrogen-bond donors (Lipinski definition) is 0. The van der Waals surface area contributed by atoms with Gasteiger partial charge >= 0.3 is 21.1 Å². The van der Waals surface area contributed by atoms with Crippen LogP contribution in [0.1, 0.15) is 109 Å². The van der Waals surface area contributed by atoms with E-state index in [-0.39, 0.29) is 21.1 Å². The molecule has 1 aliphatic rings. The molecular formula is C48H56N4OPt. The molecule has 0 fully saturated rings. The topological polar surface area (TPSA) is 44.9 Å². The van der Waals surface area contributed by atoms with Gasteiger partial charge in [-0.05, 0) is 97.0 Å². The van der Waals surface area contributed by atoms with Crippen LogP contribution in [0.2, 0.25) is 0 Å². The van der Waals surface area contributed by atoms with Crippen LogP contribution in [0, 0.1) is 55.6 Å². The number of rotatable bonds is 10. The van der Waals surface area contributed by atoms with Crippen LogP contribution in [0.4, 0.5) is 0 Å². The van der Waals surface area contributed by atoms with Crippen molar-refractivity contribution in [1.29, 1.82) is 0 Å². The number of hydrogen-bond acceptors (Lipinski definition) is 3. The average molecular weight is 900 g/mol. The van der Waals surface area contributed by atoms with E-state index in [0.717, 1.165) is 45.4 Å². The molecule has 6 heteroatoms. The second-order valence-corrected chi connectivity index (χ2v) is 16.6. The van der Waals surface area contributed by atoms with Crippen molar-refractivity contribution in [3.05, 3.63) is 119 Å². The van der Waals surface area contributed by atoms with Gasteiger partial charge in [-0.25, -0.2) is 4.98 Å². The maximum absolute atomic E-state index is 6.70. The number of para-hydroxylation sites is 1. The Kier molecular flexibility index (Phi) is 11.8. The van der Waals surface area contributed by atoms with Crippen LogP contribution in [-0.2, 0) is 27.5 Å². The van der Waals surface area contributed by atoms with E-state index in [1.807, 2.05) is 12.3 Å². The van der Waals surface area contributed by atoms with Crippen molar-refractivity contribution < 1.29 is 25.8 Å². The predicted octanol–water partition coefficient (Wildman–Crippen LogP) is 12.7. The molecule has 0 N–H and O–H groups in total. The van der Waals surface area contributed by atoms with E-state index in [1.54, 1.807) is 5.57 Å². The van der Waals surface area contributed by atoms with Gasteiger partial charge in [-0.2, -0.15) is 11.2 Å². The molecule has 284 valence electrons. The number of pyridine rings is 1. The molecule has 0 bridgehead atoms. The van der Waals surface area contributed by atoms with Crippen molar-refractivity contribution in [3.8, 4) is 23.0 Å². The van der Waals surface area contributed by atoms with Crippen molar-refractivity contribution in [1.82, 2.24) is 19.3 Å². The summed E-state index contributed by atoms with van der Waals surface area (Å²) in [6.45, 7) is 25.4. The van der Waals surface area contributed by atoms with Gasteiger partial charge in [-0.1, -0.05) is 97.7 Å². The Hall–Kier alpha value is -3.95. The first-order valence-electron chi connectivity index (χ1n) is 19.8. The molecule has 0 radical (unpaired) electrons. The summed E-state index contributed by atoms with van der Waals surface area (Å²) in [6, 6.07) is 28.5. The molecule has 0 saturated heterocycles. The van der Waals surface area contributed by atoms with E-state index in [2.05, 4.69) is 158 Å². The number of aromatic nitrogens is 4. The molecule has 3 aromatic heterocycles. The fourth-order valence-electron chi connectivity index (χ4n) is 8.65. The average Bonchev–Trinajstić information content (AvgIpc) is 3.62. The molecule has 6 aromatic rings. The third kappa shape index (κ3) is 7.38.